The Kier molecular flexibility index (Phi) is 4.50. The van der Waals surface area contributed by atoms with Crippen LogP contribution in [0.2, 0.25) is 0 Å². The second kappa shape index (κ2) is 5.48. The van der Waals surface area contributed by atoms with Crippen molar-refractivity contribution in [2.75, 3.05) is 11.5 Å². The second-order valence-corrected chi connectivity index (χ2v) is 6.50. The molecule has 17 heavy (non-hydrogen) atoms. The number of hydrogen-bond donors (Lipinski definition) is 2. The summed E-state index contributed by atoms with van der Waals surface area (Å²) in [5.74, 6) is -2.56. The molecule has 1 aliphatic rings. The largest absolute Gasteiger partial charge is 0.480 e. The lowest BCUT2D eigenvalue weighted by Gasteiger charge is -2.13. The molecule has 1 rings (SSSR count). The zero-order valence-electron chi connectivity index (χ0n) is 9.68. The Bertz CT molecular complexity index is 399. The van der Waals surface area contributed by atoms with Gasteiger partial charge < -0.3 is 10.4 Å². The van der Waals surface area contributed by atoms with Gasteiger partial charge in [-0.15, -0.1) is 0 Å². The number of hydrogen-bond acceptors (Lipinski definition) is 4. The van der Waals surface area contributed by atoms with E-state index >= 15 is 0 Å². The summed E-state index contributed by atoms with van der Waals surface area (Å²) in [4.78, 5) is 22.3. The van der Waals surface area contributed by atoms with E-state index in [9.17, 15) is 18.0 Å². The lowest BCUT2D eigenvalue weighted by molar-refractivity contribution is -0.142. The standard InChI is InChI=1S/C10H17NO5S/c1-2-5-17(15,16)6-8(12)11-9(10(13)14)7-3-4-7/h7,9H,2-6H2,1H3,(H,11,12)(H,13,14). The number of carbonyl (C=O) groups excluding carboxylic acids is 1. The molecule has 1 amide bonds. The molecule has 0 bridgehead atoms. The molecule has 1 aliphatic carbocycles. The highest BCUT2D eigenvalue weighted by atomic mass is 32.2. The van der Waals surface area contributed by atoms with Gasteiger partial charge in [0.1, 0.15) is 11.8 Å². The van der Waals surface area contributed by atoms with Gasteiger partial charge >= 0.3 is 5.97 Å². The molecule has 1 fully saturated rings. The first-order valence-electron chi connectivity index (χ1n) is 5.58. The maximum absolute atomic E-state index is 11.4. The SMILES string of the molecule is CCCS(=O)(=O)CC(=O)NC(C(=O)O)C1CC1. The van der Waals surface area contributed by atoms with Gasteiger partial charge in [-0.1, -0.05) is 6.92 Å². The molecule has 0 aromatic rings. The molecule has 0 aromatic carbocycles. The van der Waals surface area contributed by atoms with Crippen LogP contribution in [0.25, 0.3) is 0 Å². The van der Waals surface area contributed by atoms with Gasteiger partial charge in [-0.2, -0.15) is 0 Å². The van der Waals surface area contributed by atoms with Gasteiger partial charge in [-0.25, -0.2) is 13.2 Å². The van der Waals surface area contributed by atoms with E-state index < -0.39 is 33.5 Å². The van der Waals surface area contributed by atoms with Crippen molar-refractivity contribution in [3.05, 3.63) is 0 Å². The second-order valence-electron chi connectivity index (χ2n) is 4.31. The van der Waals surface area contributed by atoms with Crippen LogP contribution in [-0.4, -0.2) is 42.9 Å². The van der Waals surface area contributed by atoms with Gasteiger partial charge in [0.15, 0.2) is 9.84 Å². The van der Waals surface area contributed by atoms with Gasteiger partial charge in [0, 0.05) is 0 Å². The summed E-state index contributed by atoms with van der Waals surface area (Å²) in [7, 11) is -3.41. The summed E-state index contributed by atoms with van der Waals surface area (Å²) >= 11 is 0. The molecular formula is C10H17NO5S. The molecule has 0 spiro atoms. The molecule has 1 atom stereocenters. The van der Waals surface area contributed by atoms with Gasteiger partial charge in [0.25, 0.3) is 0 Å². The number of nitrogens with one attached hydrogen (secondary N) is 1. The molecular weight excluding hydrogens is 246 g/mol. The third-order valence-electron chi connectivity index (χ3n) is 2.54. The van der Waals surface area contributed by atoms with E-state index in [-0.39, 0.29) is 11.7 Å². The van der Waals surface area contributed by atoms with E-state index in [1.54, 1.807) is 6.92 Å². The van der Waals surface area contributed by atoms with Gasteiger partial charge in [0.05, 0.1) is 5.75 Å². The maximum Gasteiger partial charge on any atom is 0.326 e. The predicted octanol–water partition coefficient (Wildman–Crippen LogP) is -0.209. The third-order valence-corrected chi connectivity index (χ3v) is 4.27. The number of carbonyl (C=O) groups is 2. The highest BCUT2D eigenvalue weighted by molar-refractivity contribution is 7.92. The molecule has 6 nitrogen and oxygen atoms in total. The molecule has 1 unspecified atom stereocenters. The van der Waals surface area contributed by atoms with Crippen molar-refractivity contribution < 1.29 is 23.1 Å². The molecule has 0 saturated heterocycles. The van der Waals surface area contributed by atoms with Crippen molar-refractivity contribution >= 4 is 21.7 Å². The first kappa shape index (κ1) is 14.0. The molecule has 2 N–H and O–H groups in total. The first-order valence-corrected chi connectivity index (χ1v) is 7.40. The Labute approximate surface area is 100 Å². The number of rotatable bonds is 7. The monoisotopic (exact) mass is 263 g/mol. The Morgan fingerprint density at radius 2 is 2.00 bits per heavy atom. The van der Waals surface area contributed by atoms with E-state index in [0.29, 0.717) is 6.42 Å². The highest BCUT2D eigenvalue weighted by Gasteiger charge is 2.37. The van der Waals surface area contributed by atoms with Crippen LogP contribution in [0.1, 0.15) is 26.2 Å². The van der Waals surface area contributed by atoms with Crippen LogP contribution in [0.5, 0.6) is 0 Å². The summed E-state index contributed by atoms with van der Waals surface area (Å²) in [6.07, 6.45) is 1.97. The van der Waals surface area contributed by atoms with Crippen molar-refractivity contribution in [2.45, 2.75) is 32.2 Å². The van der Waals surface area contributed by atoms with Crippen molar-refractivity contribution in [3.8, 4) is 0 Å². The van der Waals surface area contributed by atoms with E-state index in [1.165, 1.54) is 0 Å². The topological polar surface area (TPSA) is 101 Å². The summed E-state index contributed by atoms with van der Waals surface area (Å²) in [6.45, 7) is 1.71. The Morgan fingerprint density at radius 1 is 1.41 bits per heavy atom. The van der Waals surface area contributed by atoms with E-state index in [4.69, 9.17) is 5.11 Å². The quantitative estimate of drug-likeness (QED) is 0.662. The zero-order chi connectivity index (χ0) is 13.1. The van der Waals surface area contributed by atoms with Crippen molar-refractivity contribution in [1.29, 1.82) is 0 Å². The van der Waals surface area contributed by atoms with Crippen LogP contribution in [0.4, 0.5) is 0 Å². The number of carboxylic acid groups (broad SMARTS) is 1. The molecule has 0 heterocycles. The van der Waals surface area contributed by atoms with Gasteiger partial charge in [-0.3, -0.25) is 4.79 Å². The summed E-state index contributed by atoms with van der Waals surface area (Å²) in [5.41, 5.74) is 0. The lowest BCUT2D eigenvalue weighted by atomic mass is 10.2. The molecule has 7 heteroatoms. The molecule has 0 radical (unpaired) electrons. The minimum Gasteiger partial charge on any atom is -0.480 e. The Morgan fingerprint density at radius 3 is 2.41 bits per heavy atom. The summed E-state index contributed by atoms with van der Waals surface area (Å²) in [5, 5.41) is 11.1. The molecule has 98 valence electrons. The fourth-order valence-corrected chi connectivity index (χ4v) is 2.86. The predicted molar refractivity (Wildman–Crippen MR) is 61.2 cm³/mol. The normalized spacial score (nSPS) is 17.5. The Hall–Kier alpha value is -1.11. The average Bonchev–Trinajstić information content (AvgIpc) is 2.95. The number of sulfone groups is 1. The molecule has 1 saturated carbocycles. The van der Waals surface area contributed by atoms with E-state index in [1.807, 2.05) is 0 Å². The zero-order valence-corrected chi connectivity index (χ0v) is 10.5. The number of amides is 1. The summed E-state index contributed by atoms with van der Waals surface area (Å²) < 4.78 is 22.7. The van der Waals surface area contributed by atoms with Gasteiger partial charge in [-0.05, 0) is 25.2 Å². The fraction of sp³-hybridized carbons (Fsp3) is 0.800. The maximum atomic E-state index is 11.4. The van der Waals surface area contributed by atoms with Crippen LogP contribution in [0, 0.1) is 5.92 Å². The molecule has 0 aliphatic heterocycles. The van der Waals surface area contributed by atoms with Crippen molar-refractivity contribution in [1.82, 2.24) is 5.32 Å². The van der Waals surface area contributed by atoms with E-state index in [2.05, 4.69) is 5.32 Å². The van der Waals surface area contributed by atoms with Crippen LogP contribution >= 0.6 is 0 Å². The number of aliphatic carboxylic acids is 1. The lowest BCUT2D eigenvalue weighted by Crippen LogP contribution is -2.44. The molecule has 0 aromatic heterocycles. The smallest absolute Gasteiger partial charge is 0.326 e. The highest BCUT2D eigenvalue weighted by Crippen LogP contribution is 2.32. The van der Waals surface area contributed by atoms with Crippen molar-refractivity contribution in [2.24, 2.45) is 5.92 Å². The van der Waals surface area contributed by atoms with Gasteiger partial charge in [0.2, 0.25) is 5.91 Å². The minimum atomic E-state index is -3.41. The Balaban J connectivity index is 2.50. The third kappa shape index (κ3) is 4.72. The minimum absolute atomic E-state index is 0.0506. The van der Waals surface area contributed by atoms with Crippen LogP contribution in [0.3, 0.4) is 0 Å². The van der Waals surface area contributed by atoms with Crippen LogP contribution in [0.15, 0.2) is 0 Å². The average molecular weight is 263 g/mol. The number of carboxylic acids is 1. The van der Waals surface area contributed by atoms with Crippen LogP contribution in [-0.2, 0) is 19.4 Å². The fourth-order valence-electron chi connectivity index (χ4n) is 1.61. The van der Waals surface area contributed by atoms with E-state index in [0.717, 1.165) is 12.8 Å². The summed E-state index contributed by atoms with van der Waals surface area (Å²) in [6, 6.07) is -0.945. The van der Waals surface area contributed by atoms with Crippen molar-refractivity contribution in [3.63, 3.8) is 0 Å². The van der Waals surface area contributed by atoms with Crippen LogP contribution < -0.4 is 5.32 Å². The first-order chi connectivity index (χ1) is 7.85.